The molecule has 86 valence electrons. The van der Waals surface area contributed by atoms with E-state index in [4.69, 9.17) is 4.74 Å². The second kappa shape index (κ2) is 7.43. The van der Waals surface area contributed by atoms with Crippen molar-refractivity contribution in [3.63, 3.8) is 0 Å². The van der Waals surface area contributed by atoms with Crippen LogP contribution in [0.3, 0.4) is 0 Å². The van der Waals surface area contributed by atoms with Gasteiger partial charge in [0.05, 0.1) is 18.6 Å². The minimum absolute atomic E-state index is 0.773. The van der Waals surface area contributed by atoms with E-state index < -0.39 is 0 Å². The summed E-state index contributed by atoms with van der Waals surface area (Å²) < 4.78 is 7.50. The van der Waals surface area contributed by atoms with Gasteiger partial charge in [-0.3, -0.25) is 0 Å². The first-order chi connectivity index (χ1) is 7.36. The molecule has 1 N–H and O–H groups in total. The SMILES string of the molecule is CCCOCCn1cnc(CCNC)c1. The van der Waals surface area contributed by atoms with Gasteiger partial charge in [-0.1, -0.05) is 6.92 Å². The molecule has 0 radical (unpaired) electrons. The van der Waals surface area contributed by atoms with Crippen LogP contribution in [0.2, 0.25) is 0 Å². The summed E-state index contributed by atoms with van der Waals surface area (Å²) in [6.07, 6.45) is 6.03. The normalized spacial score (nSPS) is 10.8. The first-order valence-electron chi connectivity index (χ1n) is 5.59. The van der Waals surface area contributed by atoms with Crippen LogP contribution in [0.15, 0.2) is 12.5 Å². The number of nitrogens with one attached hydrogen (secondary N) is 1. The van der Waals surface area contributed by atoms with Crippen molar-refractivity contribution in [3.8, 4) is 0 Å². The van der Waals surface area contributed by atoms with Crippen molar-refractivity contribution in [1.29, 1.82) is 0 Å². The number of rotatable bonds is 8. The van der Waals surface area contributed by atoms with Gasteiger partial charge in [0.25, 0.3) is 0 Å². The van der Waals surface area contributed by atoms with Crippen LogP contribution in [0.1, 0.15) is 19.0 Å². The van der Waals surface area contributed by atoms with Gasteiger partial charge < -0.3 is 14.6 Å². The average Bonchev–Trinajstić information content (AvgIpc) is 2.69. The number of ether oxygens (including phenoxy) is 1. The minimum atomic E-state index is 0.773. The van der Waals surface area contributed by atoms with E-state index in [1.165, 1.54) is 0 Å². The third-order valence-electron chi connectivity index (χ3n) is 2.16. The lowest BCUT2D eigenvalue weighted by molar-refractivity contribution is 0.127. The smallest absolute Gasteiger partial charge is 0.0950 e. The molecule has 0 aliphatic rings. The predicted molar refractivity (Wildman–Crippen MR) is 61.0 cm³/mol. The first kappa shape index (κ1) is 12.2. The molecule has 4 nitrogen and oxygen atoms in total. The Morgan fingerprint density at radius 2 is 2.33 bits per heavy atom. The predicted octanol–water partition coefficient (Wildman–Crippen LogP) is 1.07. The van der Waals surface area contributed by atoms with E-state index in [0.717, 1.165) is 44.8 Å². The van der Waals surface area contributed by atoms with E-state index >= 15 is 0 Å². The fourth-order valence-corrected chi connectivity index (χ4v) is 1.33. The fourth-order valence-electron chi connectivity index (χ4n) is 1.33. The molecular formula is C11H21N3O. The van der Waals surface area contributed by atoms with Gasteiger partial charge in [-0.25, -0.2) is 4.98 Å². The van der Waals surface area contributed by atoms with Crippen LogP contribution in [0, 0.1) is 0 Å². The maximum Gasteiger partial charge on any atom is 0.0950 e. The van der Waals surface area contributed by atoms with E-state index in [0.29, 0.717) is 0 Å². The van der Waals surface area contributed by atoms with Gasteiger partial charge in [-0.15, -0.1) is 0 Å². The lowest BCUT2D eigenvalue weighted by Gasteiger charge is -2.02. The summed E-state index contributed by atoms with van der Waals surface area (Å²) in [5, 5.41) is 3.11. The molecule has 0 bridgehead atoms. The second-order valence-corrected chi connectivity index (χ2v) is 3.57. The van der Waals surface area contributed by atoms with Crippen LogP contribution in [0.5, 0.6) is 0 Å². The Morgan fingerprint density at radius 3 is 3.07 bits per heavy atom. The van der Waals surface area contributed by atoms with Crippen molar-refractivity contribution in [2.24, 2.45) is 0 Å². The van der Waals surface area contributed by atoms with Gasteiger partial charge >= 0.3 is 0 Å². The molecule has 0 aliphatic carbocycles. The van der Waals surface area contributed by atoms with E-state index in [-0.39, 0.29) is 0 Å². The van der Waals surface area contributed by atoms with E-state index in [1.807, 2.05) is 13.4 Å². The van der Waals surface area contributed by atoms with Crippen LogP contribution >= 0.6 is 0 Å². The van der Waals surface area contributed by atoms with E-state index in [1.54, 1.807) is 0 Å². The Balaban J connectivity index is 2.20. The van der Waals surface area contributed by atoms with E-state index in [9.17, 15) is 0 Å². The van der Waals surface area contributed by atoms with Crippen molar-refractivity contribution in [1.82, 2.24) is 14.9 Å². The molecule has 1 heterocycles. The summed E-state index contributed by atoms with van der Waals surface area (Å²) in [5.41, 5.74) is 1.14. The molecule has 0 spiro atoms. The highest BCUT2D eigenvalue weighted by atomic mass is 16.5. The number of likely N-dealkylation sites (N-methyl/N-ethyl adjacent to an activating group) is 1. The Hall–Kier alpha value is -0.870. The Morgan fingerprint density at radius 1 is 1.47 bits per heavy atom. The standard InChI is InChI=1S/C11H21N3O/c1-3-7-15-8-6-14-9-11(13-10-14)4-5-12-2/h9-10,12H,3-8H2,1-2H3. The number of aromatic nitrogens is 2. The molecule has 0 atom stereocenters. The lowest BCUT2D eigenvalue weighted by Crippen LogP contribution is -2.10. The Bertz CT molecular complexity index is 260. The van der Waals surface area contributed by atoms with Crippen molar-refractivity contribution < 1.29 is 4.74 Å². The number of imidazole rings is 1. The van der Waals surface area contributed by atoms with E-state index in [2.05, 4.69) is 28.0 Å². The van der Waals surface area contributed by atoms with Gasteiger partial charge in [0.1, 0.15) is 0 Å². The van der Waals surface area contributed by atoms with Gasteiger partial charge in [-0.2, -0.15) is 0 Å². The van der Waals surface area contributed by atoms with Crippen LogP contribution in [0.4, 0.5) is 0 Å². The summed E-state index contributed by atoms with van der Waals surface area (Å²) in [4.78, 5) is 4.32. The van der Waals surface area contributed by atoms with Crippen molar-refractivity contribution in [2.45, 2.75) is 26.3 Å². The molecule has 0 unspecified atom stereocenters. The quantitative estimate of drug-likeness (QED) is 0.654. The van der Waals surface area contributed by atoms with Gasteiger partial charge in [-0.05, 0) is 13.5 Å². The molecule has 15 heavy (non-hydrogen) atoms. The summed E-state index contributed by atoms with van der Waals surface area (Å²) in [5.74, 6) is 0. The number of hydrogen-bond acceptors (Lipinski definition) is 3. The fraction of sp³-hybridized carbons (Fsp3) is 0.727. The molecule has 0 amide bonds. The highest BCUT2D eigenvalue weighted by Crippen LogP contribution is 1.97. The third kappa shape index (κ3) is 4.95. The zero-order valence-corrected chi connectivity index (χ0v) is 9.70. The third-order valence-corrected chi connectivity index (χ3v) is 2.16. The zero-order chi connectivity index (χ0) is 10.9. The van der Waals surface area contributed by atoms with Gasteiger partial charge in [0.15, 0.2) is 0 Å². The molecule has 1 rings (SSSR count). The number of hydrogen-bond donors (Lipinski definition) is 1. The molecule has 0 aromatic carbocycles. The molecule has 1 aromatic rings. The zero-order valence-electron chi connectivity index (χ0n) is 9.70. The highest BCUT2D eigenvalue weighted by Gasteiger charge is 1.97. The topological polar surface area (TPSA) is 39.1 Å². The van der Waals surface area contributed by atoms with Gasteiger partial charge in [0.2, 0.25) is 0 Å². The van der Waals surface area contributed by atoms with Crippen LogP contribution in [-0.4, -0.2) is 36.4 Å². The van der Waals surface area contributed by atoms with Crippen molar-refractivity contribution in [2.75, 3.05) is 26.8 Å². The van der Waals surface area contributed by atoms with Crippen LogP contribution in [0.25, 0.3) is 0 Å². The van der Waals surface area contributed by atoms with Crippen molar-refractivity contribution >= 4 is 0 Å². The minimum Gasteiger partial charge on any atom is -0.380 e. The van der Waals surface area contributed by atoms with Crippen molar-refractivity contribution in [3.05, 3.63) is 18.2 Å². The molecule has 0 saturated heterocycles. The largest absolute Gasteiger partial charge is 0.380 e. The lowest BCUT2D eigenvalue weighted by atomic mass is 10.3. The monoisotopic (exact) mass is 211 g/mol. The first-order valence-corrected chi connectivity index (χ1v) is 5.59. The maximum absolute atomic E-state index is 5.42. The summed E-state index contributed by atoms with van der Waals surface area (Å²) >= 11 is 0. The summed E-state index contributed by atoms with van der Waals surface area (Å²) in [7, 11) is 1.95. The molecule has 1 aromatic heterocycles. The van der Waals surface area contributed by atoms with Gasteiger partial charge in [0, 0.05) is 32.3 Å². The molecule has 0 fully saturated rings. The molecule has 0 aliphatic heterocycles. The highest BCUT2D eigenvalue weighted by molar-refractivity contribution is 4.97. The second-order valence-electron chi connectivity index (χ2n) is 3.57. The molecule has 4 heteroatoms. The average molecular weight is 211 g/mol. The summed E-state index contributed by atoms with van der Waals surface area (Å²) in [6.45, 7) is 5.61. The molecular weight excluding hydrogens is 190 g/mol. The summed E-state index contributed by atoms with van der Waals surface area (Å²) in [6, 6.07) is 0. The Labute approximate surface area is 91.7 Å². The van der Waals surface area contributed by atoms with Crippen LogP contribution < -0.4 is 5.32 Å². The number of nitrogens with zero attached hydrogens (tertiary/aromatic N) is 2. The Kier molecular flexibility index (Phi) is 6.04. The molecule has 0 saturated carbocycles. The maximum atomic E-state index is 5.42. The van der Waals surface area contributed by atoms with Crippen LogP contribution in [-0.2, 0) is 17.7 Å².